The molecule has 122 valence electrons. The third-order valence-electron chi connectivity index (χ3n) is 3.40. The second-order valence-electron chi connectivity index (χ2n) is 5.41. The van der Waals surface area contributed by atoms with Crippen molar-refractivity contribution in [2.24, 2.45) is 0 Å². The van der Waals surface area contributed by atoms with E-state index in [1.165, 1.54) is 44.9 Å². The fourth-order valence-electron chi connectivity index (χ4n) is 2.15. The predicted molar refractivity (Wildman–Crippen MR) is 87.6 cm³/mol. The van der Waals surface area contributed by atoms with Crippen LogP contribution in [0.1, 0.15) is 85.0 Å². The van der Waals surface area contributed by atoms with E-state index in [4.69, 9.17) is 9.05 Å². The maximum absolute atomic E-state index is 12.3. The van der Waals surface area contributed by atoms with Gasteiger partial charge in [0.05, 0.1) is 19.4 Å². The molecule has 0 bridgehead atoms. The summed E-state index contributed by atoms with van der Waals surface area (Å²) in [4.78, 5) is 0. The van der Waals surface area contributed by atoms with E-state index < -0.39 is 7.60 Å². The Hall–Kier alpha value is 0.150. The van der Waals surface area contributed by atoms with Crippen LogP contribution >= 0.6 is 7.60 Å². The van der Waals surface area contributed by atoms with Gasteiger partial charge in [0.1, 0.15) is 0 Å². The molecule has 0 amide bonds. The van der Waals surface area contributed by atoms with E-state index in [2.05, 4.69) is 13.8 Å². The zero-order valence-corrected chi connectivity index (χ0v) is 14.8. The van der Waals surface area contributed by atoms with Crippen molar-refractivity contribution in [3.05, 3.63) is 0 Å². The standard InChI is InChI=1S/C16H35O3P/c1-4-7-9-10-11-12-13-14-15-19-20(17,18-6-3)16-8-5-2/h4-16H2,1-3H3. The Balaban J connectivity index is 3.56. The highest BCUT2D eigenvalue weighted by atomic mass is 31.2. The first-order valence-electron chi connectivity index (χ1n) is 8.56. The third kappa shape index (κ3) is 11.9. The maximum Gasteiger partial charge on any atom is 0.330 e. The summed E-state index contributed by atoms with van der Waals surface area (Å²) in [7, 11) is -2.81. The van der Waals surface area contributed by atoms with Crippen molar-refractivity contribution in [2.75, 3.05) is 19.4 Å². The van der Waals surface area contributed by atoms with E-state index in [0.29, 0.717) is 19.4 Å². The fraction of sp³-hybridized carbons (Fsp3) is 1.00. The summed E-state index contributed by atoms with van der Waals surface area (Å²) in [6.45, 7) is 7.26. The summed E-state index contributed by atoms with van der Waals surface area (Å²) in [6, 6.07) is 0. The van der Waals surface area contributed by atoms with Crippen LogP contribution in [0.15, 0.2) is 0 Å². The van der Waals surface area contributed by atoms with Gasteiger partial charge in [-0.1, -0.05) is 65.2 Å². The van der Waals surface area contributed by atoms with E-state index in [9.17, 15) is 4.57 Å². The minimum Gasteiger partial charge on any atom is -0.309 e. The Labute approximate surface area is 126 Å². The Bertz CT molecular complexity index is 244. The van der Waals surface area contributed by atoms with Crippen molar-refractivity contribution >= 4 is 7.60 Å². The fourth-order valence-corrected chi connectivity index (χ4v) is 3.99. The molecular weight excluding hydrogens is 271 g/mol. The summed E-state index contributed by atoms with van der Waals surface area (Å²) in [5.74, 6) is 0. The lowest BCUT2D eigenvalue weighted by molar-refractivity contribution is 0.207. The van der Waals surface area contributed by atoms with Gasteiger partial charge in [-0.2, -0.15) is 0 Å². The molecule has 3 nitrogen and oxygen atoms in total. The van der Waals surface area contributed by atoms with Crippen molar-refractivity contribution in [1.82, 2.24) is 0 Å². The normalized spacial score (nSPS) is 14.3. The van der Waals surface area contributed by atoms with Crippen LogP contribution in [0.4, 0.5) is 0 Å². The van der Waals surface area contributed by atoms with Gasteiger partial charge in [0.2, 0.25) is 0 Å². The molecule has 0 spiro atoms. The van der Waals surface area contributed by atoms with Crippen LogP contribution in [0.5, 0.6) is 0 Å². The zero-order valence-electron chi connectivity index (χ0n) is 13.9. The van der Waals surface area contributed by atoms with Crippen LogP contribution in [-0.2, 0) is 13.6 Å². The molecule has 1 atom stereocenters. The van der Waals surface area contributed by atoms with E-state index >= 15 is 0 Å². The molecule has 20 heavy (non-hydrogen) atoms. The Morgan fingerprint density at radius 2 is 1.25 bits per heavy atom. The number of unbranched alkanes of at least 4 members (excludes halogenated alkanes) is 8. The van der Waals surface area contributed by atoms with Crippen LogP contribution in [0.25, 0.3) is 0 Å². The van der Waals surface area contributed by atoms with Gasteiger partial charge in [-0.25, -0.2) is 0 Å². The largest absolute Gasteiger partial charge is 0.330 e. The van der Waals surface area contributed by atoms with Crippen molar-refractivity contribution in [1.29, 1.82) is 0 Å². The first-order chi connectivity index (χ1) is 9.68. The Kier molecular flexibility index (Phi) is 14.2. The monoisotopic (exact) mass is 306 g/mol. The number of hydrogen-bond donors (Lipinski definition) is 0. The Morgan fingerprint density at radius 1 is 0.700 bits per heavy atom. The molecule has 0 aromatic heterocycles. The highest BCUT2D eigenvalue weighted by Gasteiger charge is 2.22. The van der Waals surface area contributed by atoms with Gasteiger partial charge >= 0.3 is 7.60 Å². The minimum absolute atomic E-state index is 0.471. The molecule has 0 aromatic carbocycles. The molecule has 0 aromatic rings. The molecule has 0 N–H and O–H groups in total. The van der Waals surface area contributed by atoms with Gasteiger partial charge < -0.3 is 9.05 Å². The smallest absolute Gasteiger partial charge is 0.309 e. The topological polar surface area (TPSA) is 35.5 Å². The number of hydrogen-bond acceptors (Lipinski definition) is 3. The second-order valence-corrected chi connectivity index (χ2v) is 7.60. The second kappa shape index (κ2) is 14.1. The third-order valence-corrected chi connectivity index (χ3v) is 5.49. The van der Waals surface area contributed by atoms with E-state index in [-0.39, 0.29) is 0 Å². The molecule has 0 rings (SSSR count). The molecule has 0 radical (unpaired) electrons. The minimum atomic E-state index is -2.81. The molecule has 0 aliphatic heterocycles. The van der Waals surface area contributed by atoms with Crippen LogP contribution in [-0.4, -0.2) is 19.4 Å². The molecule has 1 unspecified atom stereocenters. The molecule has 0 heterocycles. The number of rotatable bonds is 15. The summed E-state index contributed by atoms with van der Waals surface area (Å²) < 4.78 is 23.2. The van der Waals surface area contributed by atoms with Crippen LogP contribution in [0, 0.1) is 0 Å². The summed E-state index contributed by atoms with van der Waals surface area (Å²) >= 11 is 0. The van der Waals surface area contributed by atoms with Crippen molar-refractivity contribution in [3.8, 4) is 0 Å². The lowest BCUT2D eigenvalue weighted by Gasteiger charge is -2.17. The van der Waals surface area contributed by atoms with E-state index in [0.717, 1.165) is 19.3 Å². The van der Waals surface area contributed by atoms with Crippen LogP contribution in [0.3, 0.4) is 0 Å². The lowest BCUT2D eigenvalue weighted by Crippen LogP contribution is -2.01. The zero-order chi connectivity index (χ0) is 15.1. The maximum atomic E-state index is 12.3. The first-order valence-corrected chi connectivity index (χ1v) is 10.3. The molecule has 0 saturated heterocycles. The highest BCUT2D eigenvalue weighted by Crippen LogP contribution is 2.48. The van der Waals surface area contributed by atoms with Gasteiger partial charge in [-0.05, 0) is 19.8 Å². The Morgan fingerprint density at radius 3 is 1.80 bits per heavy atom. The van der Waals surface area contributed by atoms with E-state index in [1.807, 2.05) is 6.92 Å². The molecule has 0 saturated carbocycles. The van der Waals surface area contributed by atoms with Gasteiger partial charge in [-0.3, -0.25) is 4.57 Å². The predicted octanol–water partition coefficient (Wildman–Crippen LogP) is 6.17. The molecule has 0 fully saturated rings. The van der Waals surface area contributed by atoms with Crippen molar-refractivity contribution < 1.29 is 13.6 Å². The SMILES string of the molecule is CCCCCCCCCCOP(=O)(CCCC)OCC. The summed E-state index contributed by atoms with van der Waals surface area (Å²) in [6.07, 6.45) is 12.6. The van der Waals surface area contributed by atoms with Crippen molar-refractivity contribution in [3.63, 3.8) is 0 Å². The summed E-state index contributed by atoms with van der Waals surface area (Å²) in [5.41, 5.74) is 0. The quantitative estimate of drug-likeness (QED) is 0.268. The molecular formula is C16H35O3P. The molecule has 0 aliphatic carbocycles. The summed E-state index contributed by atoms with van der Waals surface area (Å²) in [5, 5.41) is 0. The molecule has 0 aliphatic rings. The average molecular weight is 306 g/mol. The average Bonchev–Trinajstić information content (AvgIpc) is 2.44. The van der Waals surface area contributed by atoms with Gasteiger partial charge in [0, 0.05) is 0 Å². The first kappa shape index (κ1) is 20.1. The van der Waals surface area contributed by atoms with Gasteiger partial charge in [0.25, 0.3) is 0 Å². The lowest BCUT2D eigenvalue weighted by atomic mass is 10.1. The highest BCUT2D eigenvalue weighted by molar-refractivity contribution is 7.53. The van der Waals surface area contributed by atoms with E-state index in [1.54, 1.807) is 0 Å². The van der Waals surface area contributed by atoms with Crippen LogP contribution in [0.2, 0.25) is 0 Å². The van der Waals surface area contributed by atoms with Crippen LogP contribution < -0.4 is 0 Å². The van der Waals surface area contributed by atoms with Crippen molar-refractivity contribution in [2.45, 2.75) is 85.0 Å². The molecule has 4 heteroatoms. The van der Waals surface area contributed by atoms with Gasteiger partial charge in [0.15, 0.2) is 0 Å². The van der Waals surface area contributed by atoms with Gasteiger partial charge in [-0.15, -0.1) is 0 Å².